The summed E-state index contributed by atoms with van der Waals surface area (Å²) >= 11 is 0. The van der Waals surface area contributed by atoms with E-state index in [9.17, 15) is 4.79 Å². The van der Waals surface area contributed by atoms with Crippen LogP contribution in [-0.4, -0.2) is 31.2 Å². The van der Waals surface area contributed by atoms with Crippen molar-refractivity contribution in [1.29, 1.82) is 0 Å². The van der Waals surface area contributed by atoms with Crippen molar-refractivity contribution in [1.82, 2.24) is 10.3 Å². The Morgan fingerprint density at radius 1 is 1.23 bits per heavy atom. The van der Waals surface area contributed by atoms with Gasteiger partial charge in [-0.05, 0) is 36.8 Å². The van der Waals surface area contributed by atoms with Crippen molar-refractivity contribution in [3.63, 3.8) is 0 Å². The van der Waals surface area contributed by atoms with Gasteiger partial charge in [0.25, 0.3) is 5.91 Å². The third-order valence-electron chi connectivity index (χ3n) is 3.13. The number of hydrogen-bond donors (Lipinski definition) is 1. The quantitative estimate of drug-likeness (QED) is 0.854. The Kier molecular flexibility index (Phi) is 5.91. The molecule has 1 aromatic heterocycles. The highest BCUT2D eigenvalue weighted by molar-refractivity contribution is 5.92. The first-order chi connectivity index (χ1) is 10.7. The van der Waals surface area contributed by atoms with Gasteiger partial charge >= 0.3 is 0 Å². The Balaban J connectivity index is 2.10. The van der Waals surface area contributed by atoms with Crippen LogP contribution >= 0.6 is 0 Å². The van der Waals surface area contributed by atoms with Crippen LogP contribution in [0.5, 0.6) is 5.75 Å². The summed E-state index contributed by atoms with van der Waals surface area (Å²) in [5.41, 5.74) is 1.34. The Labute approximate surface area is 130 Å². The zero-order chi connectivity index (χ0) is 15.8. The van der Waals surface area contributed by atoms with E-state index in [4.69, 9.17) is 9.47 Å². The molecule has 0 aliphatic rings. The van der Waals surface area contributed by atoms with Gasteiger partial charge in [-0.3, -0.25) is 9.78 Å². The second kappa shape index (κ2) is 8.14. The normalized spacial score (nSPS) is 11.7. The maximum atomic E-state index is 12.2. The van der Waals surface area contributed by atoms with Crippen molar-refractivity contribution in [3.05, 3.63) is 59.9 Å². The number of amides is 1. The van der Waals surface area contributed by atoms with Gasteiger partial charge in [0.1, 0.15) is 11.4 Å². The molecule has 1 atom stereocenters. The molecule has 5 heteroatoms. The van der Waals surface area contributed by atoms with Gasteiger partial charge in [0.05, 0.1) is 19.3 Å². The zero-order valence-electron chi connectivity index (χ0n) is 12.8. The van der Waals surface area contributed by atoms with Crippen LogP contribution in [0.3, 0.4) is 0 Å². The Bertz CT molecular complexity index is 585. The van der Waals surface area contributed by atoms with E-state index >= 15 is 0 Å². The van der Waals surface area contributed by atoms with Gasteiger partial charge in [-0.1, -0.05) is 18.2 Å². The largest absolute Gasteiger partial charge is 0.494 e. The highest BCUT2D eigenvalue weighted by Crippen LogP contribution is 2.18. The fraction of sp³-hybridized carbons (Fsp3) is 0.294. The van der Waals surface area contributed by atoms with Gasteiger partial charge in [-0.2, -0.15) is 0 Å². The van der Waals surface area contributed by atoms with Crippen molar-refractivity contribution >= 4 is 5.91 Å². The Morgan fingerprint density at radius 3 is 2.59 bits per heavy atom. The highest BCUT2D eigenvalue weighted by atomic mass is 16.5. The van der Waals surface area contributed by atoms with Crippen LogP contribution in [0.4, 0.5) is 0 Å². The molecule has 0 aliphatic carbocycles. The summed E-state index contributed by atoms with van der Waals surface area (Å²) in [5, 5.41) is 2.93. The lowest BCUT2D eigenvalue weighted by Gasteiger charge is -2.18. The molecule has 22 heavy (non-hydrogen) atoms. The zero-order valence-corrected chi connectivity index (χ0v) is 12.8. The van der Waals surface area contributed by atoms with Crippen molar-refractivity contribution in [2.24, 2.45) is 0 Å². The number of ether oxygens (including phenoxy) is 2. The van der Waals surface area contributed by atoms with E-state index in [-0.39, 0.29) is 11.9 Å². The van der Waals surface area contributed by atoms with Crippen LogP contribution in [0.2, 0.25) is 0 Å². The third-order valence-corrected chi connectivity index (χ3v) is 3.13. The molecule has 1 heterocycles. The summed E-state index contributed by atoms with van der Waals surface area (Å²) in [7, 11) is 1.61. The maximum absolute atomic E-state index is 12.2. The number of carbonyl (C=O) groups excluding carboxylic acids is 1. The number of nitrogens with one attached hydrogen (secondary N) is 1. The van der Waals surface area contributed by atoms with E-state index in [0.717, 1.165) is 11.3 Å². The molecule has 0 unspecified atom stereocenters. The van der Waals surface area contributed by atoms with Crippen molar-refractivity contribution in [2.75, 3.05) is 20.3 Å². The second-order valence-electron chi connectivity index (χ2n) is 4.70. The van der Waals surface area contributed by atoms with Gasteiger partial charge in [-0.25, -0.2) is 0 Å². The van der Waals surface area contributed by atoms with Crippen molar-refractivity contribution < 1.29 is 14.3 Å². The first-order valence-electron chi connectivity index (χ1n) is 7.18. The fourth-order valence-corrected chi connectivity index (χ4v) is 2.08. The predicted molar refractivity (Wildman–Crippen MR) is 83.9 cm³/mol. The number of benzene rings is 1. The van der Waals surface area contributed by atoms with Gasteiger partial charge in [0.15, 0.2) is 0 Å². The molecule has 0 spiro atoms. The Morgan fingerprint density at radius 2 is 2.00 bits per heavy atom. The van der Waals surface area contributed by atoms with E-state index in [1.807, 2.05) is 31.2 Å². The maximum Gasteiger partial charge on any atom is 0.270 e. The molecule has 0 bridgehead atoms. The average molecular weight is 300 g/mol. The number of pyridine rings is 1. The van der Waals surface area contributed by atoms with E-state index in [1.54, 1.807) is 31.5 Å². The molecule has 0 fully saturated rings. The topological polar surface area (TPSA) is 60.5 Å². The number of methoxy groups -OCH3 is 1. The van der Waals surface area contributed by atoms with Gasteiger partial charge < -0.3 is 14.8 Å². The van der Waals surface area contributed by atoms with E-state index in [2.05, 4.69) is 10.3 Å². The summed E-state index contributed by atoms with van der Waals surface area (Å²) in [5.74, 6) is 0.579. The molecule has 0 radical (unpaired) electrons. The summed E-state index contributed by atoms with van der Waals surface area (Å²) in [6.07, 6.45) is 1.59. The molecule has 0 aliphatic heterocycles. The molecular weight excluding hydrogens is 280 g/mol. The average Bonchev–Trinajstić information content (AvgIpc) is 2.56. The van der Waals surface area contributed by atoms with Crippen LogP contribution in [0, 0.1) is 0 Å². The lowest BCUT2D eigenvalue weighted by molar-refractivity contribution is 0.0891. The minimum atomic E-state index is -0.241. The number of rotatable bonds is 7. The van der Waals surface area contributed by atoms with Crippen LogP contribution in [0.1, 0.15) is 29.0 Å². The minimum Gasteiger partial charge on any atom is -0.494 e. The van der Waals surface area contributed by atoms with Gasteiger partial charge in [0.2, 0.25) is 0 Å². The molecule has 1 aromatic carbocycles. The number of hydrogen-bond acceptors (Lipinski definition) is 4. The molecule has 1 N–H and O–H groups in total. The number of nitrogens with zero attached hydrogens (tertiary/aromatic N) is 1. The molecule has 0 saturated carbocycles. The predicted octanol–water partition coefficient (Wildman–Crippen LogP) is 2.60. The lowest BCUT2D eigenvalue weighted by Crippen LogP contribution is -2.31. The molecule has 0 saturated heterocycles. The van der Waals surface area contributed by atoms with E-state index in [0.29, 0.717) is 18.9 Å². The summed E-state index contributed by atoms with van der Waals surface area (Å²) in [6, 6.07) is 12.6. The van der Waals surface area contributed by atoms with Crippen molar-refractivity contribution in [2.45, 2.75) is 13.0 Å². The van der Waals surface area contributed by atoms with Gasteiger partial charge in [-0.15, -0.1) is 0 Å². The van der Waals surface area contributed by atoms with Crippen molar-refractivity contribution in [3.8, 4) is 5.75 Å². The first kappa shape index (κ1) is 16.0. The number of aromatic nitrogens is 1. The number of carbonyl (C=O) groups is 1. The first-order valence-corrected chi connectivity index (χ1v) is 7.18. The summed E-state index contributed by atoms with van der Waals surface area (Å²) in [4.78, 5) is 16.3. The minimum absolute atomic E-state index is 0.225. The van der Waals surface area contributed by atoms with Crippen LogP contribution in [0.15, 0.2) is 48.7 Å². The second-order valence-corrected chi connectivity index (χ2v) is 4.70. The molecule has 2 aromatic rings. The standard InChI is InChI=1S/C17H20N2O3/c1-3-22-14-9-7-13(8-10-14)16(12-21-2)19-17(20)15-6-4-5-11-18-15/h4-11,16H,3,12H2,1-2H3,(H,19,20)/t16-/m0/s1. The SMILES string of the molecule is CCOc1ccc([C@H](COC)NC(=O)c2ccccn2)cc1. The smallest absolute Gasteiger partial charge is 0.270 e. The van der Waals surface area contributed by atoms with Crippen LogP contribution in [0.25, 0.3) is 0 Å². The van der Waals surface area contributed by atoms with E-state index < -0.39 is 0 Å². The van der Waals surface area contributed by atoms with Crippen LogP contribution in [-0.2, 0) is 4.74 Å². The molecule has 2 rings (SSSR count). The van der Waals surface area contributed by atoms with Crippen LogP contribution < -0.4 is 10.1 Å². The van der Waals surface area contributed by atoms with Gasteiger partial charge in [0, 0.05) is 13.3 Å². The lowest BCUT2D eigenvalue weighted by atomic mass is 10.1. The van der Waals surface area contributed by atoms with E-state index in [1.165, 1.54) is 0 Å². The fourth-order valence-electron chi connectivity index (χ4n) is 2.08. The molecule has 116 valence electrons. The molecular formula is C17H20N2O3. The molecule has 1 amide bonds. The summed E-state index contributed by atoms with van der Waals surface area (Å²) in [6.45, 7) is 2.94. The highest BCUT2D eigenvalue weighted by Gasteiger charge is 2.16. The third kappa shape index (κ3) is 4.30. The molecule has 5 nitrogen and oxygen atoms in total. The monoisotopic (exact) mass is 300 g/mol. The Hall–Kier alpha value is -2.40. The summed E-state index contributed by atoms with van der Waals surface area (Å²) < 4.78 is 10.6.